The lowest BCUT2D eigenvalue weighted by Gasteiger charge is -2.11. The minimum absolute atomic E-state index is 0.383. The summed E-state index contributed by atoms with van der Waals surface area (Å²) in [5.74, 6) is 2.24. The van der Waals surface area contributed by atoms with Crippen molar-refractivity contribution in [1.82, 2.24) is 20.2 Å². The molecule has 0 aliphatic rings. The first-order chi connectivity index (χ1) is 13.7. The zero-order chi connectivity index (χ0) is 19.3. The second kappa shape index (κ2) is 7.63. The molecule has 2 aromatic heterocycles. The molecule has 0 bridgehead atoms. The number of para-hydroxylation sites is 1. The molecule has 4 aromatic rings. The quantitative estimate of drug-likeness (QED) is 0.471. The van der Waals surface area contributed by atoms with E-state index in [1.807, 2.05) is 48.5 Å². The summed E-state index contributed by atoms with van der Waals surface area (Å²) in [4.78, 5) is 9.20. The number of aromatic amines is 1. The maximum atomic E-state index is 8.79. The van der Waals surface area contributed by atoms with Crippen LogP contribution in [0.25, 0.3) is 10.9 Å². The highest BCUT2D eigenvalue weighted by Gasteiger charge is 2.10. The number of rotatable bonds is 6. The molecule has 2 heterocycles. The van der Waals surface area contributed by atoms with E-state index in [2.05, 4.69) is 36.9 Å². The van der Waals surface area contributed by atoms with Crippen molar-refractivity contribution in [3.05, 3.63) is 60.2 Å². The van der Waals surface area contributed by atoms with Gasteiger partial charge in [-0.2, -0.15) is 10.2 Å². The molecule has 0 aliphatic carbocycles. The van der Waals surface area contributed by atoms with Crippen molar-refractivity contribution in [2.45, 2.75) is 6.42 Å². The van der Waals surface area contributed by atoms with Crippen molar-refractivity contribution in [3.8, 4) is 11.9 Å². The second-order valence-electron chi connectivity index (χ2n) is 6.02. The summed E-state index contributed by atoms with van der Waals surface area (Å²) in [5, 5.41) is 23.0. The predicted octanol–water partition coefficient (Wildman–Crippen LogP) is 3.91. The molecule has 2 aromatic carbocycles. The molecule has 0 spiro atoms. The van der Waals surface area contributed by atoms with Crippen molar-refractivity contribution in [2.75, 3.05) is 17.7 Å². The van der Waals surface area contributed by atoms with E-state index in [4.69, 9.17) is 10.00 Å². The number of nitrogens with one attached hydrogen (secondary N) is 3. The Morgan fingerprint density at radius 1 is 1.07 bits per heavy atom. The normalized spacial score (nSPS) is 10.4. The molecule has 0 radical (unpaired) electrons. The first-order valence-electron chi connectivity index (χ1n) is 8.61. The third-order valence-electron chi connectivity index (χ3n) is 4.11. The standard InChI is InChI=1S/C20H17N7O/c1-28-18-12-17(26-27-18)24-19-15-4-2-3-5-16(15)23-20(25-19)22-14-8-6-13(7-9-14)10-11-21/h2-9,12H,10H2,1H3,(H3,22,23,24,25,26,27). The third-order valence-corrected chi connectivity index (χ3v) is 4.11. The Morgan fingerprint density at radius 3 is 2.64 bits per heavy atom. The summed E-state index contributed by atoms with van der Waals surface area (Å²) in [6, 6.07) is 19.2. The van der Waals surface area contributed by atoms with Gasteiger partial charge in [0.2, 0.25) is 11.8 Å². The van der Waals surface area contributed by atoms with Gasteiger partial charge in [0.1, 0.15) is 11.6 Å². The van der Waals surface area contributed by atoms with E-state index in [0.717, 1.165) is 22.2 Å². The number of aromatic nitrogens is 4. The van der Waals surface area contributed by atoms with Crippen LogP contribution in [0.3, 0.4) is 0 Å². The third kappa shape index (κ3) is 3.68. The van der Waals surface area contributed by atoms with Crippen LogP contribution in [0.1, 0.15) is 5.56 Å². The zero-order valence-corrected chi connectivity index (χ0v) is 15.1. The number of benzene rings is 2. The minimum atomic E-state index is 0.383. The molecule has 0 fully saturated rings. The second-order valence-corrected chi connectivity index (χ2v) is 6.02. The number of anilines is 4. The number of nitriles is 1. The van der Waals surface area contributed by atoms with Gasteiger partial charge in [0.15, 0.2) is 0 Å². The van der Waals surface area contributed by atoms with Crippen LogP contribution >= 0.6 is 0 Å². The molecule has 0 atom stereocenters. The van der Waals surface area contributed by atoms with Crippen molar-refractivity contribution < 1.29 is 4.74 Å². The lowest BCUT2D eigenvalue weighted by Crippen LogP contribution is -2.02. The molecule has 8 heteroatoms. The highest BCUT2D eigenvalue weighted by molar-refractivity contribution is 5.91. The van der Waals surface area contributed by atoms with Gasteiger partial charge in [0.25, 0.3) is 0 Å². The molecule has 0 amide bonds. The van der Waals surface area contributed by atoms with Gasteiger partial charge >= 0.3 is 0 Å². The van der Waals surface area contributed by atoms with Crippen LogP contribution < -0.4 is 15.4 Å². The number of hydrogen-bond acceptors (Lipinski definition) is 7. The Hall–Kier alpha value is -4.12. The van der Waals surface area contributed by atoms with Crippen LogP contribution in [0.2, 0.25) is 0 Å². The Kier molecular flexibility index (Phi) is 4.72. The number of methoxy groups -OCH3 is 1. The van der Waals surface area contributed by atoms with E-state index in [-0.39, 0.29) is 0 Å². The highest BCUT2D eigenvalue weighted by atomic mass is 16.5. The zero-order valence-electron chi connectivity index (χ0n) is 15.1. The lowest BCUT2D eigenvalue weighted by atomic mass is 10.1. The van der Waals surface area contributed by atoms with Crippen molar-refractivity contribution in [3.63, 3.8) is 0 Å². The van der Waals surface area contributed by atoms with Gasteiger partial charge in [-0.05, 0) is 29.8 Å². The van der Waals surface area contributed by atoms with E-state index in [0.29, 0.717) is 29.9 Å². The summed E-state index contributed by atoms with van der Waals surface area (Å²) in [7, 11) is 1.56. The molecule has 0 unspecified atom stereocenters. The van der Waals surface area contributed by atoms with E-state index >= 15 is 0 Å². The van der Waals surface area contributed by atoms with Gasteiger partial charge in [-0.3, -0.25) is 5.10 Å². The van der Waals surface area contributed by atoms with E-state index in [1.165, 1.54) is 0 Å². The molecule has 3 N–H and O–H groups in total. The summed E-state index contributed by atoms with van der Waals surface area (Å²) in [6.45, 7) is 0. The molecular weight excluding hydrogens is 354 g/mol. The van der Waals surface area contributed by atoms with Crippen LogP contribution in [-0.4, -0.2) is 27.3 Å². The predicted molar refractivity (Wildman–Crippen MR) is 107 cm³/mol. The molecule has 28 heavy (non-hydrogen) atoms. The van der Waals surface area contributed by atoms with Crippen LogP contribution in [0.15, 0.2) is 54.6 Å². The van der Waals surface area contributed by atoms with Crippen LogP contribution in [0.4, 0.5) is 23.3 Å². The molecule has 138 valence electrons. The fourth-order valence-corrected chi connectivity index (χ4v) is 2.75. The first kappa shape index (κ1) is 17.3. The SMILES string of the molecule is COc1cc(Nc2nc(Nc3ccc(CC#N)cc3)nc3ccccc23)[nH]n1. The van der Waals surface area contributed by atoms with Crippen molar-refractivity contribution in [1.29, 1.82) is 5.26 Å². The van der Waals surface area contributed by atoms with E-state index in [1.54, 1.807) is 13.2 Å². The number of ether oxygens (including phenoxy) is 1. The molecule has 0 saturated heterocycles. The number of H-pyrrole nitrogens is 1. The molecule has 0 aliphatic heterocycles. The topological polar surface area (TPSA) is 112 Å². The lowest BCUT2D eigenvalue weighted by molar-refractivity contribution is 0.397. The molecular formula is C20H17N7O. The smallest absolute Gasteiger partial charge is 0.234 e. The Labute approximate surface area is 161 Å². The summed E-state index contributed by atoms with van der Waals surface area (Å²) in [5.41, 5.74) is 2.60. The van der Waals surface area contributed by atoms with Crippen LogP contribution in [-0.2, 0) is 6.42 Å². The van der Waals surface area contributed by atoms with Crippen molar-refractivity contribution in [2.24, 2.45) is 0 Å². The Balaban J connectivity index is 1.66. The Bertz CT molecular complexity index is 1150. The largest absolute Gasteiger partial charge is 0.480 e. The van der Waals surface area contributed by atoms with Gasteiger partial charge in [0, 0.05) is 17.1 Å². The number of fused-ring (bicyclic) bond motifs is 1. The van der Waals surface area contributed by atoms with Crippen molar-refractivity contribution >= 4 is 34.2 Å². The fourth-order valence-electron chi connectivity index (χ4n) is 2.75. The van der Waals surface area contributed by atoms with Crippen LogP contribution in [0, 0.1) is 11.3 Å². The highest BCUT2D eigenvalue weighted by Crippen LogP contribution is 2.26. The van der Waals surface area contributed by atoms with E-state index < -0.39 is 0 Å². The van der Waals surface area contributed by atoms with Gasteiger partial charge in [-0.1, -0.05) is 24.3 Å². The van der Waals surface area contributed by atoms with Crippen LogP contribution in [0.5, 0.6) is 5.88 Å². The number of nitrogens with zero attached hydrogens (tertiary/aromatic N) is 4. The monoisotopic (exact) mass is 371 g/mol. The van der Waals surface area contributed by atoms with Gasteiger partial charge in [-0.25, -0.2) is 4.98 Å². The summed E-state index contributed by atoms with van der Waals surface area (Å²) < 4.78 is 5.10. The summed E-state index contributed by atoms with van der Waals surface area (Å²) in [6.07, 6.45) is 0.383. The first-order valence-corrected chi connectivity index (χ1v) is 8.61. The Morgan fingerprint density at radius 2 is 1.89 bits per heavy atom. The molecule has 8 nitrogen and oxygen atoms in total. The maximum absolute atomic E-state index is 8.79. The van der Waals surface area contributed by atoms with Gasteiger partial charge in [0.05, 0.1) is 25.1 Å². The molecule has 0 saturated carbocycles. The van der Waals surface area contributed by atoms with Gasteiger partial charge in [-0.15, -0.1) is 5.10 Å². The average molecular weight is 371 g/mol. The van der Waals surface area contributed by atoms with Gasteiger partial charge < -0.3 is 15.4 Å². The average Bonchev–Trinajstić information content (AvgIpc) is 3.17. The summed E-state index contributed by atoms with van der Waals surface area (Å²) >= 11 is 0. The minimum Gasteiger partial charge on any atom is -0.480 e. The molecule has 4 rings (SSSR count). The maximum Gasteiger partial charge on any atom is 0.234 e. The number of hydrogen-bond donors (Lipinski definition) is 3. The fraction of sp³-hybridized carbons (Fsp3) is 0.100. The van der Waals surface area contributed by atoms with E-state index in [9.17, 15) is 0 Å².